The SMILES string of the molecule is COCCOCOc1cc(CC(=O)OO)cc(Cl)c1OCOCCOC. The van der Waals surface area contributed by atoms with Crippen molar-refractivity contribution in [3.63, 3.8) is 0 Å². The summed E-state index contributed by atoms with van der Waals surface area (Å²) >= 11 is 6.20. The molecule has 0 saturated carbocycles. The van der Waals surface area contributed by atoms with Gasteiger partial charge >= 0.3 is 5.97 Å². The van der Waals surface area contributed by atoms with Crippen molar-refractivity contribution in [2.75, 3.05) is 54.2 Å². The van der Waals surface area contributed by atoms with Gasteiger partial charge in [-0.15, -0.1) is 0 Å². The third-order valence-corrected chi connectivity index (χ3v) is 3.25. The minimum Gasteiger partial charge on any atom is -0.464 e. The van der Waals surface area contributed by atoms with Gasteiger partial charge in [0.05, 0.1) is 37.9 Å². The Labute approximate surface area is 156 Å². The second-order valence-electron chi connectivity index (χ2n) is 4.87. The second-order valence-corrected chi connectivity index (χ2v) is 5.28. The molecule has 0 unspecified atom stereocenters. The van der Waals surface area contributed by atoms with Crippen molar-refractivity contribution < 1.29 is 43.4 Å². The van der Waals surface area contributed by atoms with E-state index in [0.29, 0.717) is 32.0 Å². The molecule has 0 aliphatic heterocycles. The standard InChI is InChI=1S/C16H23ClO9/c1-20-3-5-22-10-24-14-8-12(9-15(18)26-19)7-13(17)16(14)25-11-23-6-4-21-2/h7-8,19H,3-6,9-11H2,1-2H3. The van der Waals surface area contributed by atoms with Crippen LogP contribution in [0.4, 0.5) is 0 Å². The van der Waals surface area contributed by atoms with Gasteiger partial charge in [-0.05, 0) is 17.7 Å². The number of hydrogen-bond acceptors (Lipinski definition) is 9. The second kappa shape index (κ2) is 13.6. The number of hydrogen-bond donors (Lipinski definition) is 1. The van der Waals surface area contributed by atoms with E-state index < -0.39 is 5.97 Å². The molecule has 1 N–H and O–H groups in total. The molecule has 0 radical (unpaired) electrons. The summed E-state index contributed by atoms with van der Waals surface area (Å²) in [6, 6.07) is 3.04. The molecule has 0 aliphatic carbocycles. The molecule has 1 aromatic carbocycles. The largest absolute Gasteiger partial charge is 0.464 e. The lowest BCUT2D eigenvalue weighted by Gasteiger charge is -2.16. The Balaban J connectivity index is 2.77. The smallest absolute Gasteiger partial charge is 0.346 e. The molecular weight excluding hydrogens is 372 g/mol. The summed E-state index contributed by atoms with van der Waals surface area (Å²) in [5.74, 6) is -0.341. The Bertz CT molecular complexity index is 539. The van der Waals surface area contributed by atoms with Crippen LogP contribution in [0.25, 0.3) is 0 Å². The van der Waals surface area contributed by atoms with Crippen LogP contribution in [0.1, 0.15) is 5.56 Å². The first-order chi connectivity index (χ1) is 12.6. The van der Waals surface area contributed by atoms with Crippen molar-refractivity contribution in [1.29, 1.82) is 0 Å². The molecule has 0 heterocycles. The van der Waals surface area contributed by atoms with Crippen molar-refractivity contribution in [1.82, 2.24) is 0 Å². The lowest BCUT2D eigenvalue weighted by molar-refractivity contribution is -0.233. The van der Waals surface area contributed by atoms with Gasteiger partial charge in [-0.2, -0.15) is 5.26 Å². The number of carbonyl (C=O) groups is 1. The zero-order valence-corrected chi connectivity index (χ0v) is 15.5. The quantitative estimate of drug-likeness (QED) is 0.219. The van der Waals surface area contributed by atoms with Gasteiger partial charge < -0.3 is 33.3 Å². The summed E-state index contributed by atoms with van der Waals surface area (Å²) in [6.07, 6.45) is -0.193. The molecular formula is C16H23ClO9. The van der Waals surface area contributed by atoms with Crippen molar-refractivity contribution in [3.8, 4) is 11.5 Å². The zero-order valence-electron chi connectivity index (χ0n) is 14.7. The van der Waals surface area contributed by atoms with Crippen molar-refractivity contribution in [2.45, 2.75) is 6.42 Å². The topological polar surface area (TPSA) is 102 Å². The Kier molecular flexibility index (Phi) is 11.7. The van der Waals surface area contributed by atoms with Gasteiger partial charge in [0.15, 0.2) is 25.1 Å². The van der Waals surface area contributed by atoms with E-state index in [9.17, 15) is 4.79 Å². The molecule has 0 bridgehead atoms. The van der Waals surface area contributed by atoms with E-state index in [0.717, 1.165) is 0 Å². The van der Waals surface area contributed by atoms with Crippen LogP contribution in [0.3, 0.4) is 0 Å². The first-order valence-electron chi connectivity index (χ1n) is 7.68. The van der Waals surface area contributed by atoms with E-state index in [2.05, 4.69) is 4.89 Å². The fraction of sp³-hybridized carbons (Fsp3) is 0.562. The third-order valence-electron chi connectivity index (χ3n) is 2.97. The maximum Gasteiger partial charge on any atom is 0.346 e. The van der Waals surface area contributed by atoms with Gasteiger partial charge in [0.1, 0.15) is 0 Å². The van der Waals surface area contributed by atoms with Gasteiger partial charge in [-0.25, -0.2) is 4.79 Å². The fourth-order valence-corrected chi connectivity index (χ4v) is 2.07. The summed E-state index contributed by atoms with van der Waals surface area (Å²) in [4.78, 5) is 14.9. The maximum atomic E-state index is 11.2. The Morgan fingerprint density at radius 1 is 1.00 bits per heavy atom. The molecule has 0 aliphatic rings. The number of rotatable bonds is 14. The molecule has 0 aromatic heterocycles. The highest BCUT2D eigenvalue weighted by Crippen LogP contribution is 2.37. The molecule has 1 rings (SSSR count). The van der Waals surface area contributed by atoms with Crippen LogP contribution in [0.2, 0.25) is 5.02 Å². The first kappa shape index (κ1) is 22.4. The molecule has 0 fully saturated rings. The van der Waals surface area contributed by atoms with Gasteiger partial charge in [-0.3, -0.25) is 0 Å². The highest BCUT2D eigenvalue weighted by atomic mass is 35.5. The van der Waals surface area contributed by atoms with Gasteiger partial charge in [0, 0.05) is 14.2 Å². The summed E-state index contributed by atoms with van der Waals surface area (Å²) in [7, 11) is 3.12. The molecule has 148 valence electrons. The van der Waals surface area contributed by atoms with E-state index in [1.54, 1.807) is 14.2 Å². The molecule has 26 heavy (non-hydrogen) atoms. The Morgan fingerprint density at radius 3 is 2.19 bits per heavy atom. The molecule has 1 aromatic rings. The minimum atomic E-state index is -0.833. The molecule has 0 spiro atoms. The lowest BCUT2D eigenvalue weighted by atomic mass is 10.1. The highest BCUT2D eigenvalue weighted by molar-refractivity contribution is 6.32. The van der Waals surface area contributed by atoms with Crippen LogP contribution in [-0.2, 0) is 35.1 Å². The van der Waals surface area contributed by atoms with Crippen LogP contribution in [0, 0.1) is 0 Å². The van der Waals surface area contributed by atoms with Gasteiger partial charge in [-0.1, -0.05) is 11.6 Å². The van der Waals surface area contributed by atoms with Crippen molar-refractivity contribution >= 4 is 17.6 Å². The number of carbonyl (C=O) groups excluding carboxylic acids is 1. The van der Waals surface area contributed by atoms with E-state index in [-0.39, 0.29) is 36.5 Å². The normalized spacial score (nSPS) is 10.6. The van der Waals surface area contributed by atoms with Crippen LogP contribution in [-0.4, -0.2) is 65.5 Å². The third kappa shape index (κ3) is 8.65. The van der Waals surface area contributed by atoms with Crippen LogP contribution >= 0.6 is 11.6 Å². The summed E-state index contributed by atoms with van der Waals surface area (Å²) in [5.41, 5.74) is 0.466. The van der Waals surface area contributed by atoms with Gasteiger partial charge in [0.25, 0.3) is 0 Å². The molecule has 9 nitrogen and oxygen atoms in total. The van der Waals surface area contributed by atoms with Crippen molar-refractivity contribution in [3.05, 3.63) is 22.7 Å². The van der Waals surface area contributed by atoms with Crippen LogP contribution in [0.15, 0.2) is 12.1 Å². The minimum absolute atomic E-state index is 0.0675. The number of halogens is 1. The summed E-state index contributed by atoms with van der Waals surface area (Å²) < 4.78 is 31.2. The average molecular weight is 395 g/mol. The Hall–Kier alpha value is -1.62. The number of ether oxygens (including phenoxy) is 6. The molecule has 0 atom stereocenters. The highest BCUT2D eigenvalue weighted by Gasteiger charge is 2.15. The number of methoxy groups -OCH3 is 2. The van der Waals surface area contributed by atoms with Crippen LogP contribution in [0.5, 0.6) is 11.5 Å². The van der Waals surface area contributed by atoms with Gasteiger partial charge in [0.2, 0.25) is 0 Å². The maximum absolute atomic E-state index is 11.2. The van der Waals surface area contributed by atoms with Crippen LogP contribution < -0.4 is 9.47 Å². The molecule has 0 saturated heterocycles. The Morgan fingerprint density at radius 2 is 1.62 bits per heavy atom. The first-order valence-corrected chi connectivity index (χ1v) is 8.05. The van der Waals surface area contributed by atoms with E-state index in [4.69, 9.17) is 45.3 Å². The van der Waals surface area contributed by atoms with Crippen molar-refractivity contribution in [2.24, 2.45) is 0 Å². The van der Waals surface area contributed by atoms with E-state index in [1.807, 2.05) is 0 Å². The fourth-order valence-electron chi connectivity index (χ4n) is 1.78. The number of benzene rings is 1. The molecule has 0 amide bonds. The molecule has 10 heteroatoms. The zero-order chi connectivity index (χ0) is 19.2. The van der Waals surface area contributed by atoms with E-state index >= 15 is 0 Å². The average Bonchev–Trinajstić information content (AvgIpc) is 2.63. The lowest BCUT2D eigenvalue weighted by Crippen LogP contribution is -2.12. The monoisotopic (exact) mass is 394 g/mol. The predicted octanol–water partition coefficient (Wildman–Crippen LogP) is 1.90. The predicted molar refractivity (Wildman–Crippen MR) is 90.5 cm³/mol. The summed E-state index contributed by atoms with van der Waals surface area (Å²) in [5, 5.41) is 8.61. The summed E-state index contributed by atoms with van der Waals surface area (Å²) in [6.45, 7) is 1.40. The van der Waals surface area contributed by atoms with E-state index in [1.165, 1.54) is 12.1 Å².